The van der Waals surface area contributed by atoms with Gasteiger partial charge in [-0.1, -0.05) is 11.6 Å². The molecule has 0 atom stereocenters. The monoisotopic (exact) mass is 200 g/mol. The van der Waals surface area contributed by atoms with Gasteiger partial charge >= 0.3 is 0 Å². The Bertz CT molecular complexity index is 278. The summed E-state index contributed by atoms with van der Waals surface area (Å²) >= 11 is 5.81. The van der Waals surface area contributed by atoms with Crippen molar-refractivity contribution in [3.05, 3.63) is 22.8 Å². The minimum atomic E-state index is 0.645. The summed E-state index contributed by atoms with van der Waals surface area (Å²) in [6.07, 6.45) is 2.45. The Balaban J connectivity index is 2.81. The molecule has 0 radical (unpaired) electrons. The number of pyridine rings is 1. The molecule has 0 spiro atoms. The molecule has 0 fully saturated rings. The maximum atomic E-state index is 5.81. The molecule has 72 valence electrons. The molecule has 1 heterocycles. The predicted molar refractivity (Wildman–Crippen MR) is 53.4 cm³/mol. The normalized spacial score (nSPS) is 10.1. The number of aromatic nitrogens is 1. The highest BCUT2D eigenvalue weighted by molar-refractivity contribution is 6.30. The van der Waals surface area contributed by atoms with E-state index in [4.69, 9.17) is 16.3 Å². The van der Waals surface area contributed by atoms with Crippen LogP contribution in [0.4, 0.5) is 0 Å². The highest BCUT2D eigenvalue weighted by atomic mass is 35.5. The number of halogens is 1. The Morgan fingerprint density at radius 1 is 1.62 bits per heavy atom. The smallest absolute Gasteiger partial charge is 0.216 e. The first-order chi connectivity index (χ1) is 6.27. The fraction of sp³-hybridized carbons (Fsp3) is 0.444. The van der Waals surface area contributed by atoms with Gasteiger partial charge in [-0.25, -0.2) is 4.98 Å². The lowest BCUT2D eigenvalue weighted by Crippen LogP contribution is -2.11. The second-order valence-electron chi connectivity index (χ2n) is 2.68. The molecular formula is C9H13ClN2O. The summed E-state index contributed by atoms with van der Waals surface area (Å²) in [7, 11) is 3.52. The van der Waals surface area contributed by atoms with Crippen molar-refractivity contribution in [2.24, 2.45) is 0 Å². The van der Waals surface area contributed by atoms with E-state index in [1.54, 1.807) is 13.3 Å². The Kier molecular flexibility index (Phi) is 3.99. The quantitative estimate of drug-likeness (QED) is 0.800. The summed E-state index contributed by atoms with van der Waals surface area (Å²) in [6, 6.07) is 1.88. The lowest BCUT2D eigenvalue weighted by Gasteiger charge is -2.06. The van der Waals surface area contributed by atoms with E-state index in [0.717, 1.165) is 18.5 Å². The van der Waals surface area contributed by atoms with Crippen LogP contribution in [0, 0.1) is 0 Å². The van der Waals surface area contributed by atoms with Crippen LogP contribution in [0.15, 0.2) is 12.3 Å². The molecule has 1 rings (SSSR count). The van der Waals surface area contributed by atoms with Crippen LogP contribution in [-0.2, 0) is 6.42 Å². The molecule has 3 nitrogen and oxygen atoms in total. The van der Waals surface area contributed by atoms with Crippen LogP contribution in [0.5, 0.6) is 5.88 Å². The average molecular weight is 201 g/mol. The SMILES string of the molecule is CNCCc1cc(Cl)cnc1OC. The van der Waals surface area contributed by atoms with Crippen LogP contribution < -0.4 is 10.1 Å². The summed E-state index contributed by atoms with van der Waals surface area (Å²) < 4.78 is 5.10. The number of hydrogen-bond donors (Lipinski definition) is 1. The highest BCUT2D eigenvalue weighted by Crippen LogP contribution is 2.19. The first kappa shape index (κ1) is 10.3. The van der Waals surface area contributed by atoms with Gasteiger partial charge < -0.3 is 10.1 Å². The molecule has 0 aliphatic carbocycles. The number of rotatable bonds is 4. The van der Waals surface area contributed by atoms with Gasteiger partial charge in [0, 0.05) is 11.8 Å². The van der Waals surface area contributed by atoms with Crippen molar-refractivity contribution in [2.75, 3.05) is 20.7 Å². The third kappa shape index (κ3) is 2.86. The fourth-order valence-electron chi connectivity index (χ4n) is 1.09. The van der Waals surface area contributed by atoms with Crippen molar-refractivity contribution >= 4 is 11.6 Å². The Hall–Kier alpha value is -0.800. The molecule has 0 amide bonds. The van der Waals surface area contributed by atoms with Crippen molar-refractivity contribution in [2.45, 2.75) is 6.42 Å². The zero-order valence-electron chi connectivity index (χ0n) is 7.80. The van der Waals surface area contributed by atoms with E-state index in [-0.39, 0.29) is 0 Å². The minimum absolute atomic E-state index is 0.645. The number of methoxy groups -OCH3 is 1. The molecule has 13 heavy (non-hydrogen) atoms. The average Bonchev–Trinajstić information content (AvgIpc) is 2.15. The first-order valence-corrected chi connectivity index (χ1v) is 4.48. The number of hydrogen-bond acceptors (Lipinski definition) is 3. The van der Waals surface area contributed by atoms with Gasteiger partial charge in [-0.2, -0.15) is 0 Å². The Labute approximate surface area is 83.1 Å². The third-order valence-corrected chi connectivity index (χ3v) is 1.94. The molecule has 0 unspecified atom stereocenters. The highest BCUT2D eigenvalue weighted by Gasteiger charge is 2.04. The van der Waals surface area contributed by atoms with Crippen molar-refractivity contribution in [3.8, 4) is 5.88 Å². The zero-order valence-corrected chi connectivity index (χ0v) is 8.56. The Morgan fingerprint density at radius 2 is 2.38 bits per heavy atom. The molecule has 0 aromatic carbocycles. The molecule has 0 bridgehead atoms. The van der Waals surface area contributed by atoms with E-state index in [0.29, 0.717) is 10.9 Å². The molecule has 1 aromatic heterocycles. The second kappa shape index (κ2) is 5.04. The van der Waals surface area contributed by atoms with Crippen molar-refractivity contribution < 1.29 is 4.74 Å². The molecule has 0 aliphatic rings. The second-order valence-corrected chi connectivity index (χ2v) is 3.11. The first-order valence-electron chi connectivity index (χ1n) is 4.11. The number of ether oxygens (including phenoxy) is 1. The van der Waals surface area contributed by atoms with Crippen LogP contribution in [-0.4, -0.2) is 25.7 Å². The standard InChI is InChI=1S/C9H13ClN2O/c1-11-4-3-7-5-8(10)6-12-9(7)13-2/h5-6,11H,3-4H2,1-2H3. The van der Waals surface area contributed by atoms with Crippen LogP contribution in [0.3, 0.4) is 0 Å². The van der Waals surface area contributed by atoms with Gasteiger partial charge in [-0.15, -0.1) is 0 Å². The van der Waals surface area contributed by atoms with E-state index in [1.165, 1.54) is 0 Å². The summed E-state index contributed by atoms with van der Waals surface area (Å²) in [6.45, 7) is 0.887. The maximum Gasteiger partial charge on any atom is 0.216 e. The summed E-state index contributed by atoms with van der Waals surface area (Å²) in [4.78, 5) is 4.07. The molecule has 1 aromatic rings. The van der Waals surface area contributed by atoms with E-state index in [9.17, 15) is 0 Å². The maximum absolute atomic E-state index is 5.81. The lowest BCUT2D eigenvalue weighted by atomic mass is 10.2. The molecule has 0 saturated heterocycles. The topological polar surface area (TPSA) is 34.2 Å². The third-order valence-electron chi connectivity index (χ3n) is 1.73. The number of nitrogens with zero attached hydrogens (tertiary/aromatic N) is 1. The largest absolute Gasteiger partial charge is 0.481 e. The van der Waals surface area contributed by atoms with Gasteiger partial charge in [-0.05, 0) is 26.1 Å². The summed E-state index contributed by atoms with van der Waals surface area (Å²) in [5, 5.41) is 3.71. The van der Waals surface area contributed by atoms with Gasteiger partial charge in [0.25, 0.3) is 0 Å². The molecule has 0 aliphatic heterocycles. The van der Waals surface area contributed by atoms with Gasteiger partial charge in [-0.3, -0.25) is 0 Å². The van der Waals surface area contributed by atoms with Gasteiger partial charge in [0.2, 0.25) is 5.88 Å². The van der Waals surface area contributed by atoms with E-state index in [2.05, 4.69) is 10.3 Å². The molecular weight excluding hydrogens is 188 g/mol. The van der Waals surface area contributed by atoms with Crippen molar-refractivity contribution in [3.63, 3.8) is 0 Å². The van der Waals surface area contributed by atoms with Crippen LogP contribution >= 0.6 is 11.6 Å². The fourth-order valence-corrected chi connectivity index (χ4v) is 1.27. The van der Waals surface area contributed by atoms with E-state index >= 15 is 0 Å². The molecule has 1 N–H and O–H groups in total. The van der Waals surface area contributed by atoms with Crippen LogP contribution in [0.2, 0.25) is 5.02 Å². The van der Waals surface area contributed by atoms with Gasteiger partial charge in [0.1, 0.15) is 0 Å². The van der Waals surface area contributed by atoms with Crippen LogP contribution in [0.1, 0.15) is 5.56 Å². The minimum Gasteiger partial charge on any atom is -0.481 e. The van der Waals surface area contributed by atoms with Crippen molar-refractivity contribution in [1.29, 1.82) is 0 Å². The van der Waals surface area contributed by atoms with E-state index in [1.807, 2.05) is 13.1 Å². The molecule has 4 heteroatoms. The summed E-state index contributed by atoms with van der Waals surface area (Å²) in [5.74, 6) is 0.652. The lowest BCUT2D eigenvalue weighted by molar-refractivity contribution is 0.392. The number of nitrogens with one attached hydrogen (secondary N) is 1. The van der Waals surface area contributed by atoms with Crippen LogP contribution in [0.25, 0.3) is 0 Å². The van der Waals surface area contributed by atoms with Gasteiger partial charge in [0.15, 0.2) is 0 Å². The van der Waals surface area contributed by atoms with E-state index < -0.39 is 0 Å². The zero-order chi connectivity index (χ0) is 9.68. The summed E-state index contributed by atoms with van der Waals surface area (Å²) in [5.41, 5.74) is 1.03. The predicted octanol–water partition coefficient (Wildman–Crippen LogP) is 1.51. The van der Waals surface area contributed by atoms with Gasteiger partial charge in [0.05, 0.1) is 12.1 Å². The molecule has 0 saturated carbocycles. The number of likely N-dealkylation sites (N-methyl/N-ethyl adjacent to an activating group) is 1. The van der Waals surface area contributed by atoms with Crippen molar-refractivity contribution in [1.82, 2.24) is 10.3 Å². The Morgan fingerprint density at radius 3 is 3.00 bits per heavy atom.